The van der Waals surface area contributed by atoms with Gasteiger partial charge in [0.25, 0.3) is 11.8 Å². The van der Waals surface area contributed by atoms with E-state index in [1.165, 1.54) is 0 Å². The highest BCUT2D eigenvalue weighted by Gasteiger charge is 2.23. The zero-order valence-electron chi connectivity index (χ0n) is 15.6. The molecule has 146 valence electrons. The highest BCUT2D eigenvalue weighted by Crippen LogP contribution is 2.18. The summed E-state index contributed by atoms with van der Waals surface area (Å²) in [5, 5.41) is 5.54. The van der Waals surface area contributed by atoms with Gasteiger partial charge in [-0.15, -0.1) is 0 Å². The second-order valence-corrected chi connectivity index (χ2v) is 6.32. The monoisotopic (exact) mass is 382 g/mol. The number of carbonyl (C=O) groups excluding carboxylic acids is 3. The quantitative estimate of drug-likeness (QED) is 0.748. The summed E-state index contributed by atoms with van der Waals surface area (Å²) in [5.41, 5.74) is 1.90. The lowest BCUT2D eigenvalue weighted by Crippen LogP contribution is -2.27. The van der Waals surface area contributed by atoms with Gasteiger partial charge in [-0.05, 0) is 62.2 Å². The fourth-order valence-electron chi connectivity index (χ4n) is 2.85. The molecule has 0 aromatic heterocycles. The van der Waals surface area contributed by atoms with Crippen molar-refractivity contribution in [1.82, 2.24) is 0 Å². The second kappa shape index (κ2) is 9.14. The number of benzene rings is 2. The van der Waals surface area contributed by atoms with Crippen molar-refractivity contribution < 1.29 is 23.9 Å². The minimum atomic E-state index is -0.435. The third kappa shape index (κ3) is 4.95. The first-order chi connectivity index (χ1) is 13.6. The van der Waals surface area contributed by atoms with Crippen LogP contribution in [-0.2, 0) is 14.3 Å². The maximum absolute atomic E-state index is 12.5. The van der Waals surface area contributed by atoms with Gasteiger partial charge in [-0.25, -0.2) is 4.79 Å². The lowest BCUT2D eigenvalue weighted by molar-refractivity contribution is -0.124. The molecule has 2 N–H and O–H groups in total. The van der Waals surface area contributed by atoms with Crippen LogP contribution in [-0.4, -0.2) is 37.1 Å². The number of hydrogen-bond acceptors (Lipinski definition) is 5. The van der Waals surface area contributed by atoms with E-state index >= 15 is 0 Å². The van der Waals surface area contributed by atoms with E-state index in [9.17, 15) is 14.4 Å². The Balaban J connectivity index is 1.62. The van der Waals surface area contributed by atoms with Crippen molar-refractivity contribution in [3.8, 4) is 0 Å². The number of hydrogen-bond donors (Lipinski definition) is 2. The topological polar surface area (TPSA) is 93.7 Å². The summed E-state index contributed by atoms with van der Waals surface area (Å²) in [5.74, 6) is -0.934. The van der Waals surface area contributed by atoms with Crippen molar-refractivity contribution in [1.29, 1.82) is 0 Å². The molecule has 0 spiro atoms. The molecule has 0 aliphatic carbocycles. The zero-order valence-corrected chi connectivity index (χ0v) is 15.6. The molecule has 1 saturated heterocycles. The zero-order chi connectivity index (χ0) is 19.9. The molecular formula is C21H22N2O5. The first-order valence-corrected chi connectivity index (χ1v) is 9.18. The van der Waals surface area contributed by atoms with Crippen molar-refractivity contribution in [2.75, 3.05) is 23.8 Å². The second-order valence-electron chi connectivity index (χ2n) is 6.32. The molecule has 2 amide bonds. The van der Waals surface area contributed by atoms with Crippen LogP contribution in [0.3, 0.4) is 0 Å². The Morgan fingerprint density at radius 1 is 1.04 bits per heavy atom. The first kappa shape index (κ1) is 19.6. The molecule has 28 heavy (non-hydrogen) atoms. The molecule has 1 atom stereocenters. The maximum Gasteiger partial charge on any atom is 0.338 e. The fourth-order valence-corrected chi connectivity index (χ4v) is 2.85. The van der Waals surface area contributed by atoms with Crippen LogP contribution in [0.1, 0.15) is 40.5 Å². The molecule has 3 rings (SSSR count). The summed E-state index contributed by atoms with van der Waals surface area (Å²) in [4.78, 5) is 36.3. The largest absolute Gasteiger partial charge is 0.462 e. The number of esters is 1. The van der Waals surface area contributed by atoms with Gasteiger partial charge in [0.15, 0.2) is 0 Å². The van der Waals surface area contributed by atoms with Gasteiger partial charge in [0, 0.05) is 23.5 Å². The summed E-state index contributed by atoms with van der Waals surface area (Å²) in [7, 11) is 0. The third-order valence-corrected chi connectivity index (χ3v) is 4.27. The van der Waals surface area contributed by atoms with Crippen LogP contribution >= 0.6 is 0 Å². The van der Waals surface area contributed by atoms with Gasteiger partial charge in [0.1, 0.15) is 6.10 Å². The van der Waals surface area contributed by atoms with Crippen molar-refractivity contribution in [2.45, 2.75) is 25.9 Å². The Bertz CT molecular complexity index is 857. The summed E-state index contributed by atoms with van der Waals surface area (Å²) in [6, 6.07) is 13.1. The van der Waals surface area contributed by atoms with Gasteiger partial charge in [-0.2, -0.15) is 0 Å². The molecule has 1 aliphatic heterocycles. The van der Waals surface area contributed by atoms with E-state index in [4.69, 9.17) is 9.47 Å². The molecule has 1 heterocycles. The summed E-state index contributed by atoms with van der Waals surface area (Å²) in [6.45, 7) is 2.64. The Morgan fingerprint density at radius 3 is 2.50 bits per heavy atom. The molecule has 0 saturated carbocycles. The minimum absolute atomic E-state index is 0.204. The molecule has 0 radical (unpaired) electrons. The van der Waals surface area contributed by atoms with E-state index in [0.717, 1.165) is 6.42 Å². The molecule has 0 bridgehead atoms. The van der Waals surface area contributed by atoms with Crippen LogP contribution in [0, 0.1) is 0 Å². The van der Waals surface area contributed by atoms with E-state index in [1.807, 2.05) is 0 Å². The normalized spacial score (nSPS) is 15.7. The average Bonchev–Trinajstić information content (AvgIpc) is 3.24. The van der Waals surface area contributed by atoms with Gasteiger partial charge in [0.05, 0.1) is 12.2 Å². The van der Waals surface area contributed by atoms with Gasteiger partial charge in [0.2, 0.25) is 0 Å². The van der Waals surface area contributed by atoms with Gasteiger partial charge in [-0.3, -0.25) is 9.59 Å². The third-order valence-electron chi connectivity index (χ3n) is 4.27. The first-order valence-electron chi connectivity index (χ1n) is 9.18. The van der Waals surface area contributed by atoms with E-state index in [-0.39, 0.29) is 11.8 Å². The Hall–Kier alpha value is -3.19. The molecular weight excluding hydrogens is 360 g/mol. The summed E-state index contributed by atoms with van der Waals surface area (Å²) in [6.07, 6.45) is 1.14. The van der Waals surface area contributed by atoms with Crippen LogP contribution in [0.2, 0.25) is 0 Å². The lowest BCUT2D eigenvalue weighted by atomic mass is 10.1. The van der Waals surface area contributed by atoms with Crippen LogP contribution in [0.5, 0.6) is 0 Å². The van der Waals surface area contributed by atoms with Crippen molar-refractivity contribution in [3.63, 3.8) is 0 Å². The molecule has 2 aromatic carbocycles. The van der Waals surface area contributed by atoms with E-state index in [0.29, 0.717) is 42.1 Å². The van der Waals surface area contributed by atoms with E-state index in [1.54, 1.807) is 55.5 Å². The Morgan fingerprint density at radius 2 is 1.82 bits per heavy atom. The molecule has 1 aliphatic rings. The molecule has 1 unspecified atom stereocenters. The number of carbonyl (C=O) groups is 3. The van der Waals surface area contributed by atoms with Crippen LogP contribution < -0.4 is 10.6 Å². The number of nitrogens with one attached hydrogen (secondary N) is 2. The SMILES string of the molecule is CCOC(=O)c1ccc(NC(=O)c2cccc(NC(=O)C3CCCO3)c2)cc1. The lowest BCUT2D eigenvalue weighted by Gasteiger charge is -2.11. The molecule has 7 nitrogen and oxygen atoms in total. The van der Waals surface area contributed by atoms with Crippen LogP contribution in [0.25, 0.3) is 0 Å². The number of rotatable bonds is 6. The Labute approximate surface area is 163 Å². The van der Waals surface area contributed by atoms with Crippen LogP contribution in [0.15, 0.2) is 48.5 Å². The minimum Gasteiger partial charge on any atom is -0.462 e. The highest BCUT2D eigenvalue weighted by molar-refractivity contribution is 6.05. The molecule has 1 fully saturated rings. The standard InChI is InChI=1S/C21H22N2O5/c1-2-27-21(26)14-8-10-16(11-9-14)22-19(24)15-5-3-6-17(13-15)23-20(25)18-7-4-12-28-18/h3,5-6,8-11,13,18H,2,4,7,12H2,1H3,(H,22,24)(H,23,25). The predicted molar refractivity (Wildman–Crippen MR) is 104 cm³/mol. The number of ether oxygens (including phenoxy) is 2. The predicted octanol–water partition coefficient (Wildman–Crippen LogP) is 3.23. The van der Waals surface area contributed by atoms with Gasteiger partial charge >= 0.3 is 5.97 Å². The smallest absolute Gasteiger partial charge is 0.338 e. The summed E-state index contributed by atoms with van der Waals surface area (Å²) >= 11 is 0. The average molecular weight is 382 g/mol. The van der Waals surface area contributed by atoms with E-state index in [2.05, 4.69) is 10.6 Å². The Kier molecular flexibility index (Phi) is 6.39. The number of anilines is 2. The molecule has 7 heteroatoms. The van der Waals surface area contributed by atoms with Crippen LogP contribution in [0.4, 0.5) is 11.4 Å². The fraction of sp³-hybridized carbons (Fsp3) is 0.286. The van der Waals surface area contributed by atoms with Crippen molar-refractivity contribution in [2.24, 2.45) is 0 Å². The molecule has 2 aromatic rings. The number of amides is 2. The highest BCUT2D eigenvalue weighted by atomic mass is 16.5. The summed E-state index contributed by atoms with van der Waals surface area (Å²) < 4.78 is 10.3. The van der Waals surface area contributed by atoms with Gasteiger partial charge in [-0.1, -0.05) is 6.07 Å². The van der Waals surface area contributed by atoms with Crippen molar-refractivity contribution in [3.05, 3.63) is 59.7 Å². The maximum atomic E-state index is 12.5. The van der Waals surface area contributed by atoms with Gasteiger partial charge < -0.3 is 20.1 Å². The van der Waals surface area contributed by atoms with Crippen molar-refractivity contribution >= 4 is 29.2 Å². The van der Waals surface area contributed by atoms with E-state index < -0.39 is 12.1 Å².